The fourth-order valence-electron chi connectivity index (χ4n) is 6.81. The zero-order valence-electron chi connectivity index (χ0n) is 15.5. The Balaban J connectivity index is 0.00000160. The zero-order chi connectivity index (χ0) is 17.3. The molecule has 4 aliphatic carbocycles. The first-order chi connectivity index (χ1) is 12.7. The van der Waals surface area contributed by atoms with E-state index in [0.29, 0.717) is 0 Å². The predicted molar refractivity (Wildman–Crippen MR) is 112 cm³/mol. The van der Waals surface area contributed by atoms with Crippen LogP contribution < -0.4 is 10.6 Å². The highest BCUT2D eigenvalue weighted by atomic mass is 35.5. The van der Waals surface area contributed by atoms with Gasteiger partial charge in [-0.1, -0.05) is 18.2 Å². The van der Waals surface area contributed by atoms with Crippen LogP contribution >= 0.6 is 23.7 Å². The summed E-state index contributed by atoms with van der Waals surface area (Å²) in [5.41, 5.74) is 1.51. The van der Waals surface area contributed by atoms with Crippen molar-refractivity contribution < 1.29 is 4.79 Å². The molecular formula is C22H27ClN2OS. The van der Waals surface area contributed by atoms with Crippen LogP contribution in [0.3, 0.4) is 0 Å². The van der Waals surface area contributed by atoms with Gasteiger partial charge < -0.3 is 10.6 Å². The Morgan fingerprint density at radius 1 is 1.07 bits per heavy atom. The molecule has 2 aromatic rings. The molecule has 3 nitrogen and oxygen atoms in total. The Bertz CT molecular complexity index is 856. The summed E-state index contributed by atoms with van der Waals surface area (Å²) in [5.74, 6) is 2.85. The van der Waals surface area contributed by atoms with Crippen LogP contribution in [0.5, 0.6) is 0 Å². The van der Waals surface area contributed by atoms with Gasteiger partial charge in [-0.25, -0.2) is 0 Å². The van der Waals surface area contributed by atoms with E-state index in [1.54, 1.807) is 0 Å². The smallest absolute Gasteiger partial charge is 0.237 e. The van der Waals surface area contributed by atoms with Crippen molar-refractivity contribution in [2.75, 3.05) is 0 Å². The van der Waals surface area contributed by atoms with Gasteiger partial charge in [0.1, 0.15) is 0 Å². The highest BCUT2D eigenvalue weighted by Gasteiger charge is 2.51. The summed E-state index contributed by atoms with van der Waals surface area (Å²) < 4.78 is 1.35. The normalized spacial score (nSPS) is 36.3. The van der Waals surface area contributed by atoms with Crippen LogP contribution in [0.2, 0.25) is 0 Å². The Morgan fingerprint density at radius 2 is 1.74 bits per heavy atom. The maximum atomic E-state index is 13.2. The predicted octanol–water partition coefficient (Wildman–Crippen LogP) is 4.42. The van der Waals surface area contributed by atoms with E-state index in [1.165, 1.54) is 59.1 Å². The summed E-state index contributed by atoms with van der Waals surface area (Å²) in [7, 11) is 0. The SMILES string of the molecule is Cl.O=C(NC12CC3CC(CC(C3)C1)C2)[C@H]1Cc2c(sc3ccccc23)CN1. The molecule has 4 saturated carbocycles. The molecule has 2 heterocycles. The van der Waals surface area contributed by atoms with Crippen molar-refractivity contribution in [1.82, 2.24) is 10.6 Å². The number of thiophene rings is 1. The lowest BCUT2D eigenvalue weighted by Gasteiger charge is -2.57. The Hall–Kier alpha value is -1.10. The van der Waals surface area contributed by atoms with Gasteiger partial charge >= 0.3 is 0 Å². The molecule has 144 valence electrons. The Labute approximate surface area is 170 Å². The van der Waals surface area contributed by atoms with Crippen molar-refractivity contribution in [1.29, 1.82) is 0 Å². The lowest BCUT2D eigenvalue weighted by Crippen LogP contribution is -2.62. The monoisotopic (exact) mass is 402 g/mol. The van der Waals surface area contributed by atoms with Crippen LogP contribution in [-0.4, -0.2) is 17.5 Å². The van der Waals surface area contributed by atoms with Crippen LogP contribution in [0.4, 0.5) is 0 Å². The number of amides is 1. The largest absolute Gasteiger partial charge is 0.349 e. The fraction of sp³-hybridized carbons (Fsp3) is 0.591. The molecule has 5 heteroatoms. The second kappa shape index (κ2) is 6.47. The quantitative estimate of drug-likeness (QED) is 0.780. The maximum absolute atomic E-state index is 13.2. The molecule has 1 aromatic heterocycles. The van der Waals surface area contributed by atoms with Crippen LogP contribution in [0, 0.1) is 17.8 Å². The van der Waals surface area contributed by atoms with E-state index in [4.69, 9.17) is 0 Å². The summed E-state index contributed by atoms with van der Waals surface area (Å²) in [6, 6.07) is 8.55. The molecule has 0 radical (unpaired) electrons. The maximum Gasteiger partial charge on any atom is 0.237 e. The molecule has 4 fully saturated rings. The van der Waals surface area contributed by atoms with Crippen molar-refractivity contribution in [2.24, 2.45) is 17.8 Å². The molecule has 7 rings (SSSR count). The van der Waals surface area contributed by atoms with Crippen molar-refractivity contribution in [3.63, 3.8) is 0 Å². The Morgan fingerprint density at radius 3 is 2.44 bits per heavy atom. The third-order valence-electron chi connectivity index (χ3n) is 7.44. The highest BCUT2D eigenvalue weighted by molar-refractivity contribution is 7.19. The van der Waals surface area contributed by atoms with Crippen LogP contribution in [0.15, 0.2) is 24.3 Å². The first kappa shape index (κ1) is 18.0. The third-order valence-corrected chi connectivity index (χ3v) is 8.66. The summed E-state index contributed by atoms with van der Waals surface area (Å²) in [6.07, 6.45) is 8.76. The number of hydrogen-bond acceptors (Lipinski definition) is 3. The molecule has 1 atom stereocenters. The minimum atomic E-state index is -0.0755. The molecule has 2 N–H and O–H groups in total. The van der Waals surface area contributed by atoms with Gasteiger partial charge in [-0.3, -0.25) is 4.79 Å². The van der Waals surface area contributed by atoms with E-state index in [-0.39, 0.29) is 29.9 Å². The first-order valence-electron chi connectivity index (χ1n) is 10.2. The lowest BCUT2D eigenvalue weighted by molar-refractivity contribution is -0.129. The van der Waals surface area contributed by atoms with Crippen LogP contribution in [-0.2, 0) is 17.8 Å². The van der Waals surface area contributed by atoms with Crippen molar-refractivity contribution in [3.05, 3.63) is 34.7 Å². The molecule has 1 aliphatic heterocycles. The number of nitrogens with one attached hydrogen (secondary N) is 2. The number of carbonyl (C=O) groups is 1. The molecule has 4 bridgehead atoms. The van der Waals surface area contributed by atoms with Gasteiger partial charge in [-0.15, -0.1) is 23.7 Å². The summed E-state index contributed by atoms with van der Waals surface area (Å²) in [4.78, 5) is 14.6. The standard InChI is InChI=1S/C22H26N2OS.ClH/c25-21(24-22-9-13-5-14(10-22)7-15(6-13)11-22)18-8-17-16-3-1-2-4-19(16)26-20(17)12-23-18;/h1-4,13-15,18,23H,5-12H2,(H,24,25);1H/t13?,14?,15?,18-,22?;/m1./s1. The van der Waals surface area contributed by atoms with Gasteiger partial charge in [-0.05, 0) is 79.7 Å². The van der Waals surface area contributed by atoms with E-state index in [0.717, 1.165) is 30.7 Å². The number of halogens is 1. The number of hydrogen-bond donors (Lipinski definition) is 2. The minimum absolute atomic E-state index is 0. The van der Waals surface area contributed by atoms with Gasteiger partial charge in [0.2, 0.25) is 5.91 Å². The second-order valence-electron chi connectivity index (χ2n) is 9.32. The molecule has 0 saturated heterocycles. The van der Waals surface area contributed by atoms with E-state index in [2.05, 4.69) is 34.9 Å². The fourth-order valence-corrected chi connectivity index (χ4v) is 7.99. The van der Waals surface area contributed by atoms with E-state index >= 15 is 0 Å². The number of rotatable bonds is 2. The van der Waals surface area contributed by atoms with E-state index < -0.39 is 0 Å². The molecule has 0 spiro atoms. The summed E-state index contributed by atoms with van der Waals surface area (Å²) in [6.45, 7) is 0.827. The molecule has 1 amide bonds. The van der Waals surface area contributed by atoms with Crippen molar-refractivity contribution in [3.8, 4) is 0 Å². The molecular weight excluding hydrogens is 376 g/mol. The zero-order valence-corrected chi connectivity index (χ0v) is 17.1. The number of fused-ring (bicyclic) bond motifs is 3. The van der Waals surface area contributed by atoms with E-state index in [9.17, 15) is 4.79 Å². The first-order valence-corrected chi connectivity index (χ1v) is 11.0. The van der Waals surface area contributed by atoms with Crippen LogP contribution in [0.1, 0.15) is 49.0 Å². The van der Waals surface area contributed by atoms with Gasteiger partial charge in [-0.2, -0.15) is 0 Å². The minimum Gasteiger partial charge on any atom is -0.349 e. The van der Waals surface area contributed by atoms with Gasteiger partial charge in [0.25, 0.3) is 0 Å². The highest BCUT2D eigenvalue weighted by Crippen LogP contribution is 2.55. The van der Waals surface area contributed by atoms with E-state index in [1.807, 2.05) is 11.3 Å². The summed E-state index contributed by atoms with van der Waals surface area (Å²) >= 11 is 1.87. The molecule has 0 unspecified atom stereocenters. The second-order valence-corrected chi connectivity index (χ2v) is 10.5. The number of carbonyl (C=O) groups excluding carboxylic acids is 1. The van der Waals surface area contributed by atoms with Gasteiger partial charge in [0, 0.05) is 21.7 Å². The number of benzene rings is 1. The topological polar surface area (TPSA) is 41.1 Å². The van der Waals surface area contributed by atoms with Crippen molar-refractivity contribution in [2.45, 2.75) is 63.1 Å². The third kappa shape index (κ3) is 2.92. The molecule has 27 heavy (non-hydrogen) atoms. The van der Waals surface area contributed by atoms with Crippen molar-refractivity contribution >= 4 is 39.7 Å². The average molecular weight is 403 g/mol. The summed E-state index contributed by atoms with van der Waals surface area (Å²) in [5, 5.41) is 8.43. The molecule has 5 aliphatic rings. The van der Waals surface area contributed by atoms with Crippen LogP contribution in [0.25, 0.3) is 10.1 Å². The Kier molecular flexibility index (Phi) is 4.30. The molecule has 1 aromatic carbocycles. The lowest BCUT2D eigenvalue weighted by atomic mass is 9.53. The average Bonchev–Trinajstić information content (AvgIpc) is 2.98. The van der Waals surface area contributed by atoms with Gasteiger partial charge in [0.15, 0.2) is 0 Å². The van der Waals surface area contributed by atoms with Gasteiger partial charge in [0.05, 0.1) is 6.04 Å².